The molecule has 1 aromatic heterocycles. The smallest absolute Gasteiger partial charge is 0.325 e. The van der Waals surface area contributed by atoms with Gasteiger partial charge < -0.3 is 14.8 Å². The summed E-state index contributed by atoms with van der Waals surface area (Å²) in [5.74, 6) is 0.602. The average molecular weight is 461 g/mol. The summed E-state index contributed by atoms with van der Waals surface area (Å²) in [6.45, 7) is 1.80. The van der Waals surface area contributed by atoms with Crippen molar-refractivity contribution in [2.24, 2.45) is 0 Å². The van der Waals surface area contributed by atoms with Crippen molar-refractivity contribution in [2.75, 3.05) is 26.0 Å². The zero-order valence-electron chi connectivity index (χ0n) is 17.0. The molecule has 0 aliphatic heterocycles. The van der Waals surface area contributed by atoms with Crippen LogP contribution in [-0.2, 0) is 14.3 Å². The van der Waals surface area contributed by atoms with Crippen molar-refractivity contribution in [3.8, 4) is 22.8 Å². The van der Waals surface area contributed by atoms with Gasteiger partial charge in [0, 0.05) is 16.3 Å². The number of nitrogens with zero attached hydrogens (tertiary/aromatic N) is 3. The minimum absolute atomic E-state index is 0.0638. The fraction of sp³-hybridized carbons (Fsp3) is 0.238. The van der Waals surface area contributed by atoms with E-state index in [1.807, 2.05) is 41.0 Å². The van der Waals surface area contributed by atoms with E-state index in [1.54, 1.807) is 26.2 Å². The molecular weight excluding hydrogens is 440 g/mol. The summed E-state index contributed by atoms with van der Waals surface area (Å²) in [6.07, 6.45) is 0. The lowest BCUT2D eigenvalue weighted by atomic mass is 10.2. The molecule has 0 saturated carbocycles. The van der Waals surface area contributed by atoms with E-state index in [0.29, 0.717) is 16.0 Å². The standard InChI is InChI=1S/C21H21ClN4O4S/c1-3-30-19(28)12-23-18(27)13-31-21-25-24-20(14-4-6-15(22)7-5-14)26(21)16-8-10-17(29-2)11-9-16/h4-11H,3,12-13H2,1-2H3,(H,23,27). The summed E-state index contributed by atoms with van der Waals surface area (Å²) in [5, 5.41) is 12.3. The minimum Gasteiger partial charge on any atom is -0.497 e. The van der Waals surface area contributed by atoms with Gasteiger partial charge in [-0.3, -0.25) is 14.2 Å². The van der Waals surface area contributed by atoms with E-state index >= 15 is 0 Å². The molecule has 0 unspecified atom stereocenters. The second-order valence-corrected chi connectivity index (χ2v) is 7.60. The SMILES string of the molecule is CCOC(=O)CNC(=O)CSc1nnc(-c2ccc(Cl)cc2)n1-c1ccc(OC)cc1. The molecule has 1 amide bonds. The van der Waals surface area contributed by atoms with Gasteiger partial charge in [0.1, 0.15) is 12.3 Å². The normalized spacial score (nSPS) is 10.5. The third kappa shape index (κ3) is 5.99. The van der Waals surface area contributed by atoms with Crippen LogP contribution in [-0.4, -0.2) is 52.7 Å². The van der Waals surface area contributed by atoms with Crippen LogP contribution < -0.4 is 10.1 Å². The number of rotatable bonds is 9. The summed E-state index contributed by atoms with van der Waals surface area (Å²) in [6, 6.07) is 14.7. The molecule has 0 spiro atoms. The first kappa shape index (κ1) is 22.6. The molecule has 0 radical (unpaired) electrons. The maximum Gasteiger partial charge on any atom is 0.325 e. The van der Waals surface area contributed by atoms with Crippen LogP contribution >= 0.6 is 23.4 Å². The second kappa shape index (κ2) is 10.8. The van der Waals surface area contributed by atoms with E-state index in [-0.39, 0.29) is 24.8 Å². The molecule has 0 saturated heterocycles. The van der Waals surface area contributed by atoms with Crippen LogP contribution in [0, 0.1) is 0 Å². The highest BCUT2D eigenvalue weighted by Gasteiger charge is 2.18. The summed E-state index contributed by atoms with van der Waals surface area (Å²) >= 11 is 7.22. The number of hydrogen-bond donors (Lipinski definition) is 1. The summed E-state index contributed by atoms with van der Waals surface area (Å²) in [4.78, 5) is 23.5. The number of benzene rings is 2. The maximum absolute atomic E-state index is 12.1. The molecule has 0 aliphatic carbocycles. The van der Waals surface area contributed by atoms with Gasteiger partial charge in [0.05, 0.1) is 19.5 Å². The Morgan fingerprint density at radius 3 is 2.45 bits per heavy atom. The highest BCUT2D eigenvalue weighted by molar-refractivity contribution is 7.99. The number of methoxy groups -OCH3 is 1. The lowest BCUT2D eigenvalue weighted by Crippen LogP contribution is -2.31. The Balaban J connectivity index is 1.83. The molecule has 2 aromatic carbocycles. The topological polar surface area (TPSA) is 95.3 Å². The van der Waals surface area contributed by atoms with Crippen molar-refractivity contribution in [1.29, 1.82) is 0 Å². The van der Waals surface area contributed by atoms with Crippen molar-refractivity contribution in [2.45, 2.75) is 12.1 Å². The van der Waals surface area contributed by atoms with Gasteiger partial charge in [0.2, 0.25) is 5.91 Å². The molecule has 3 rings (SSSR count). The second-order valence-electron chi connectivity index (χ2n) is 6.22. The van der Waals surface area contributed by atoms with Gasteiger partial charge in [0.25, 0.3) is 0 Å². The van der Waals surface area contributed by atoms with Crippen LogP contribution in [0.3, 0.4) is 0 Å². The highest BCUT2D eigenvalue weighted by atomic mass is 35.5. The molecule has 0 fully saturated rings. The Morgan fingerprint density at radius 2 is 1.81 bits per heavy atom. The van der Waals surface area contributed by atoms with Crippen LogP contribution in [0.5, 0.6) is 5.75 Å². The van der Waals surface area contributed by atoms with Crippen LogP contribution in [0.2, 0.25) is 5.02 Å². The molecule has 1 heterocycles. The molecular formula is C21H21ClN4O4S. The predicted molar refractivity (Wildman–Crippen MR) is 119 cm³/mol. The van der Waals surface area contributed by atoms with Crippen molar-refractivity contribution < 1.29 is 19.1 Å². The van der Waals surface area contributed by atoms with Gasteiger partial charge in [-0.1, -0.05) is 23.4 Å². The van der Waals surface area contributed by atoms with Gasteiger partial charge in [-0.25, -0.2) is 0 Å². The molecule has 1 N–H and O–H groups in total. The van der Waals surface area contributed by atoms with Crippen LogP contribution in [0.1, 0.15) is 6.92 Å². The number of amides is 1. The number of hydrogen-bond acceptors (Lipinski definition) is 7. The average Bonchev–Trinajstić information content (AvgIpc) is 3.21. The first-order valence-corrected chi connectivity index (χ1v) is 10.8. The quantitative estimate of drug-likeness (QED) is 0.386. The Hall–Kier alpha value is -3.04. The van der Waals surface area contributed by atoms with E-state index in [4.69, 9.17) is 21.1 Å². The molecule has 0 atom stereocenters. The van der Waals surface area contributed by atoms with Gasteiger partial charge >= 0.3 is 5.97 Å². The largest absolute Gasteiger partial charge is 0.497 e. The van der Waals surface area contributed by atoms with E-state index in [0.717, 1.165) is 17.0 Å². The minimum atomic E-state index is -0.479. The first-order valence-electron chi connectivity index (χ1n) is 9.42. The van der Waals surface area contributed by atoms with E-state index in [9.17, 15) is 9.59 Å². The maximum atomic E-state index is 12.1. The molecule has 162 valence electrons. The zero-order valence-corrected chi connectivity index (χ0v) is 18.6. The summed E-state index contributed by atoms with van der Waals surface area (Å²) in [7, 11) is 1.60. The number of thioether (sulfide) groups is 1. The monoisotopic (exact) mass is 460 g/mol. The predicted octanol–water partition coefficient (Wildman–Crippen LogP) is 3.37. The Bertz CT molecular complexity index is 1040. The molecule has 3 aromatic rings. The van der Waals surface area contributed by atoms with Crippen LogP contribution in [0.25, 0.3) is 17.1 Å². The molecule has 0 bridgehead atoms. The first-order chi connectivity index (χ1) is 15.0. The number of aromatic nitrogens is 3. The van der Waals surface area contributed by atoms with Crippen molar-refractivity contribution >= 4 is 35.2 Å². The molecule has 10 heteroatoms. The molecule has 31 heavy (non-hydrogen) atoms. The van der Waals surface area contributed by atoms with Crippen LogP contribution in [0.15, 0.2) is 53.7 Å². The van der Waals surface area contributed by atoms with E-state index < -0.39 is 5.97 Å². The van der Waals surface area contributed by atoms with Gasteiger partial charge in [-0.05, 0) is 55.5 Å². The fourth-order valence-corrected chi connectivity index (χ4v) is 3.59. The fourth-order valence-electron chi connectivity index (χ4n) is 2.68. The lowest BCUT2D eigenvalue weighted by Gasteiger charge is -2.11. The van der Waals surface area contributed by atoms with Gasteiger partial charge in [-0.2, -0.15) is 0 Å². The third-order valence-electron chi connectivity index (χ3n) is 4.13. The number of ether oxygens (including phenoxy) is 2. The number of nitrogens with one attached hydrogen (secondary N) is 1. The van der Waals surface area contributed by atoms with E-state index in [1.165, 1.54) is 11.8 Å². The Kier molecular flexibility index (Phi) is 7.91. The van der Waals surface area contributed by atoms with Crippen molar-refractivity contribution in [1.82, 2.24) is 20.1 Å². The summed E-state index contributed by atoms with van der Waals surface area (Å²) in [5.41, 5.74) is 1.64. The Morgan fingerprint density at radius 1 is 1.10 bits per heavy atom. The van der Waals surface area contributed by atoms with Crippen molar-refractivity contribution in [3.63, 3.8) is 0 Å². The van der Waals surface area contributed by atoms with Gasteiger partial charge in [-0.15, -0.1) is 10.2 Å². The lowest BCUT2D eigenvalue weighted by molar-refractivity contribution is -0.143. The van der Waals surface area contributed by atoms with Gasteiger partial charge in [0.15, 0.2) is 11.0 Å². The molecule has 0 aliphatic rings. The summed E-state index contributed by atoms with van der Waals surface area (Å²) < 4.78 is 11.9. The third-order valence-corrected chi connectivity index (χ3v) is 5.31. The van der Waals surface area contributed by atoms with E-state index in [2.05, 4.69) is 15.5 Å². The zero-order chi connectivity index (χ0) is 22.2. The van der Waals surface area contributed by atoms with Crippen LogP contribution in [0.4, 0.5) is 0 Å². The number of halogens is 1. The Labute approximate surface area is 188 Å². The highest BCUT2D eigenvalue weighted by Crippen LogP contribution is 2.29. The number of carbonyl (C=O) groups is 2. The number of esters is 1. The van der Waals surface area contributed by atoms with Crippen molar-refractivity contribution in [3.05, 3.63) is 53.6 Å². The molecule has 8 nitrogen and oxygen atoms in total. The number of carbonyl (C=O) groups excluding carboxylic acids is 2.